The lowest BCUT2D eigenvalue weighted by atomic mass is 9.75. The average molecular weight is 534 g/mol. The Balaban J connectivity index is 1.45. The molecule has 1 spiro atoms. The van der Waals surface area contributed by atoms with Gasteiger partial charge in [-0.3, -0.25) is 29.1 Å². The van der Waals surface area contributed by atoms with Crippen LogP contribution in [-0.2, 0) is 19.9 Å². The van der Waals surface area contributed by atoms with E-state index in [4.69, 9.17) is 4.98 Å². The number of fused-ring (bicyclic) bond motifs is 8. The minimum absolute atomic E-state index is 0.0131. The predicted octanol–water partition coefficient (Wildman–Crippen LogP) is 3.33. The van der Waals surface area contributed by atoms with E-state index in [1.165, 1.54) is 11.8 Å². The fourth-order valence-electron chi connectivity index (χ4n) is 6.88. The highest BCUT2D eigenvalue weighted by Crippen LogP contribution is 2.56. The molecule has 200 valence electrons. The molecule has 0 aliphatic carbocycles. The topological polar surface area (TPSA) is 113 Å². The summed E-state index contributed by atoms with van der Waals surface area (Å²) in [6.45, 7) is 5.47. The van der Waals surface area contributed by atoms with Crippen LogP contribution in [0, 0.1) is 17.8 Å². The van der Waals surface area contributed by atoms with Crippen molar-refractivity contribution in [2.24, 2.45) is 17.8 Å². The largest absolute Gasteiger partial charge is 0.326 e. The van der Waals surface area contributed by atoms with Crippen LogP contribution in [0.1, 0.15) is 32.2 Å². The highest BCUT2D eigenvalue weighted by molar-refractivity contribution is 6.23. The summed E-state index contributed by atoms with van der Waals surface area (Å²) in [5, 5.41) is 6.90. The van der Waals surface area contributed by atoms with E-state index in [0.717, 1.165) is 5.56 Å². The smallest absolute Gasteiger partial charge is 0.266 e. The number of benzene rings is 3. The van der Waals surface area contributed by atoms with Crippen LogP contribution in [0.5, 0.6) is 0 Å². The van der Waals surface area contributed by atoms with Gasteiger partial charge in [0.1, 0.15) is 11.4 Å². The van der Waals surface area contributed by atoms with Gasteiger partial charge in [-0.1, -0.05) is 44.2 Å². The molecule has 0 radical (unpaired) electrons. The number of rotatable bonds is 3. The Bertz CT molecular complexity index is 1810. The molecule has 0 unspecified atom stereocenters. The van der Waals surface area contributed by atoms with E-state index >= 15 is 0 Å². The van der Waals surface area contributed by atoms with Crippen LogP contribution in [0.4, 0.5) is 11.4 Å². The maximum atomic E-state index is 14.4. The molecule has 3 aromatic carbocycles. The number of aromatic nitrogens is 2. The van der Waals surface area contributed by atoms with Gasteiger partial charge in [-0.15, -0.1) is 0 Å². The van der Waals surface area contributed by atoms with E-state index in [1.54, 1.807) is 41.0 Å². The van der Waals surface area contributed by atoms with Crippen LogP contribution in [0.3, 0.4) is 0 Å². The molecule has 40 heavy (non-hydrogen) atoms. The number of carbonyl (C=O) groups excluding carboxylic acids is 3. The Kier molecular flexibility index (Phi) is 5.15. The lowest BCUT2D eigenvalue weighted by Crippen LogP contribution is -2.51. The molecular formula is C31H27N5O4. The third-order valence-electron chi connectivity index (χ3n) is 8.46. The zero-order chi connectivity index (χ0) is 27.9. The number of nitrogens with one attached hydrogen (secondary N) is 2. The molecule has 1 aromatic heterocycles. The zero-order valence-electron chi connectivity index (χ0n) is 22.2. The van der Waals surface area contributed by atoms with Crippen LogP contribution < -0.4 is 21.1 Å². The van der Waals surface area contributed by atoms with Crippen LogP contribution >= 0.6 is 0 Å². The van der Waals surface area contributed by atoms with Gasteiger partial charge in [0, 0.05) is 24.2 Å². The molecule has 9 nitrogen and oxygen atoms in total. The molecule has 7 rings (SSSR count). The van der Waals surface area contributed by atoms with Crippen molar-refractivity contribution in [2.75, 3.05) is 10.2 Å². The lowest BCUT2D eigenvalue weighted by Gasteiger charge is -2.32. The number of carbonyl (C=O) groups is 3. The van der Waals surface area contributed by atoms with E-state index in [1.807, 2.05) is 50.2 Å². The molecule has 3 amide bonds. The van der Waals surface area contributed by atoms with Crippen molar-refractivity contribution in [2.45, 2.75) is 32.4 Å². The molecule has 3 aliphatic rings. The summed E-state index contributed by atoms with van der Waals surface area (Å²) in [5.41, 5.74) is 1.59. The van der Waals surface area contributed by atoms with Crippen molar-refractivity contribution in [3.8, 4) is 5.69 Å². The normalized spacial score (nSPS) is 24.6. The number of para-hydroxylation sites is 2. The summed E-state index contributed by atoms with van der Waals surface area (Å²) < 4.78 is 1.60. The number of nitrogens with zero attached hydrogens (tertiary/aromatic N) is 3. The van der Waals surface area contributed by atoms with Crippen molar-refractivity contribution >= 4 is 40.0 Å². The fraction of sp³-hybridized carbons (Fsp3) is 0.258. The van der Waals surface area contributed by atoms with Crippen LogP contribution in [0.2, 0.25) is 0 Å². The Labute approximate surface area is 229 Å². The Morgan fingerprint density at radius 2 is 1.65 bits per heavy atom. The Morgan fingerprint density at radius 1 is 0.950 bits per heavy atom. The highest BCUT2D eigenvalue weighted by Gasteiger charge is 2.70. The molecule has 2 fully saturated rings. The van der Waals surface area contributed by atoms with Crippen LogP contribution in [0.15, 0.2) is 77.6 Å². The van der Waals surface area contributed by atoms with Gasteiger partial charge in [0.15, 0.2) is 0 Å². The second kappa shape index (κ2) is 8.43. The fourth-order valence-corrected chi connectivity index (χ4v) is 6.88. The molecule has 2 saturated heterocycles. The Hall–Kier alpha value is -4.63. The van der Waals surface area contributed by atoms with Crippen molar-refractivity contribution in [3.63, 3.8) is 0 Å². The molecule has 0 bridgehead atoms. The summed E-state index contributed by atoms with van der Waals surface area (Å²) >= 11 is 0. The summed E-state index contributed by atoms with van der Waals surface area (Å²) in [6.07, 6.45) is 0. The highest BCUT2D eigenvalue weighted by atomic mass is 16.2. The summed E-state index contributed by atoms with van der Waals surface area (Å²) in [7, 11) is 0. The van der Waals surface area contributed by atoms with Crippen molar-refractivity contribution in [1.29, 1.82) is 0 Å². The van der Waals surface area contributed by atoms with Crippen molar-refractivity contribution in [3.05, 3.63) is 94.5 Å². The number of hydrogen-bond donors (Lipinski definition) is 2. The molecule has 4 aromatic rings. The molecule has 2 N–H and O–H groups in total. The zero-order valence-corrected chi connectivity index (χ0v) is 22.2. The third-order valence-corrected chi connectivity index (χ3v) is 8.46. The number of anilines is 2. The Morgan fingerprint density at radius 3 is 2.38 bits per heavy atom. The molecule has 3 aliphatic heterocycles. The SMILES string of the molecule is CC(=O)Nc1ccc(N2C(=O)[C@@H]3[C@H](C(C)C)N[C@@]4(c5ccccc5-n5c4nc4ccccc4c5=O)[C@H]3C2=O)cc1. The minimum atomic E-state index is -1.17. The van der Waals surface area contributed by atoms with Gasteiger partial charge in [0.05, 0.1) is 34.1 Å². The first-order valence-corrected chi connectivity index (χ1v) is 13.4. The second-order valence-electron chi connectivity index (χ2n) is 11.1. The van der Waals surface area contributed by atoms with Crippen molar-refractivity contribution in [1.82, 2.24) is 14.9 Å². The monoisotopic (exact) mass is 533 g/mol. The standard InChI is InChI=1S/C31H27N5O4/c1-16(2)26-24-25(29(40)35(28(24)39)19-14-12-18(13-15-19)32-17(3)37)31(34-26)21-9-5-7-11-23(21)36-27(38)20-8-4-6-10-22(20)33-30(31)36/h4-16,24-26,34H,1-3H3,(H,32,37)/t24-,25+,26-,31-/m0/s1. The van der Waals surface area contributed by atoms with Gasteiger partial charge in [-0.25, -0.2) is 9.88 Å². The van der Waals surface area contributed by atoms with E-state index in [0.29, 0.717) is 33.8 Å². The maximum absolute atomic E-state index is 14.4. The van der Waals surface area contributed by atoms with E-state index < -0.39 is 17.4 Å². The lowest BCUT2D eigenvalue weighted by molar-refractivity contribution is -0.123. The van der Waals surface area contributed by atoms with E-state index in [-0.39, 0.29) is 35.2 Å². The number of amides is 3. The van der Waals surface area contributed by atoms with Gasteiger partial charge >= 0.3 is 0 Å². The average Bonchev–Trinajstić information content (AvgIpc) is 3.53. The summed E-state index contributed by atoms with van der Waals surface area (Å²) in [5.74, 6) is -1.88. The van der Waals surface area contributed by atoms with E-state index in [2.05, 4.69) is 10.6 Å². The van der Waals surface area contributed by atoms with Gasteiger partial charge in [-0.2, -0.15) is 0 Å². The van der Waals surface area contributed by atoms with Gasteiger partial charge in [0.2, 0.25) is 17.7 Å². The third kappa shape index (κ3) is 3.09. The molecule has 4 atom stereocenters. The molecule has 4 heterocycles. The first-order chi connectivity index (χ1) is 19.2. The van der Waals surface area contributed by atoms with Crippen molar-refractivity contribution < 1.29 is 14.4 Å². The first kappa shape index (κ1) is 24.4. The van der Waals surface area contributed by atoms with E-state index in [9.17, 15) is 19.2 Å². The van der Waals surface area contributed by atoms with Gasteiger partial charge in [0.25, 0.3) is 5.56 Å². The summed E-state index contributed by atoms with van der Waals surface area (Å²) in [4.78, 5) is 60.2. The predicted molar refractivity (Wildman–Crippen MR) is 150 cm³/mol. The molecule has 9 heteroatoms. The quantitative estimate of drug-likeness (QED) is 0.391. The molecule has 0 saturated carbocycles. The van der Waals surface area contributed by atoms with Crippen LogP contribution in [0.25, 0.3) is 16.6 Å². The first-order valence-electron chi connectivity index (χ1n) is 13.4. The van der Waals surface area contributed by atoms with Gasteiger partial charge < -0.3 is 5.32 Å². The maximum Gasteiger partial charge on any atom is 0.266 e. The molecular weight excluding hydrogens is 506 g/mol. The minimum Gasteiger partial charge on any atom is -0.326 e. The summed E-state index contributed by atoms with van der Waals surface area (Å²) in [6, 6.07) is 21.1. The second-order valence-corrected chi connectivity index (χ2v) is 11.1. The number of hydrogen-bond acceptors (Lipinski definition) is 6. The van der Waals surface area contributed by atoms with Gasteiger partial charge in [-0.05, 0) is 48.4 Å². The number of imide groups is 1. The van der Waals surface area contributed by atoms with Crippen LogP contribution in [-0.4, -0.2) is 33.3 Å².